The maximum atomic E-state index is 9.31. The van der Waals surface area contributed by atoms with Crippen molar-refractivity contribution in [3.05, 3.63) is 0 Å². The molecule has 3 unspecified atom stereocenters. The summed E-state index contributed by atoms with van der Waals surface area (Å²) in [6.45, 7) is 5.38. The van der Waals surface area contributed by atoms with Crippen molar-refractivity contribution < 1.29 is 9.84 Å². The first-order valence-electron chi connectivity index (χ1n) is 6.02. The summed E-state index contributed by atoms with van der Waals surface area (Å²) in [7, 11) is 1.79. The van der Waals surface area contributed by atoms with Crippen molar-refractivity contribution in [1.29, 1.82) is 0 Å². The number of rotatable bonds is 6. The molecule has 1 aliphatic carbocycles. The van der Waals surface area contributed by atoms with Crippen LogP contribution in [-0.4, -0.2) is 37.5 Å². The predicted molar refractivity (Wildman–Crippen MR) is 61.9 cm³/mol. The van der Waals surface area contributed by atoms with Crippen LogP contribution in [0.2, 0.25) is 0 Å². The molecule has 0 aromatic heterocycles. The van der Waals surface area contributed by atoms with Gasteiger partial charge in [0.2, 0.25) is 0 Å². The Kier molecular flexibility index (Phi) is 5.03. The van der Waals surface area contributed by atoms with Gasteiger partial charge in [-0.3, -0.25) is 0 Å². The van der Waals surface area contributed by atoms with Crippen LogP contribution in [0.4, 0.5) is 0 Å². The fourth-order valence-corrected chi connectivity index (χ4v) is 2.11. The molecule has 0 aromatic carbocycles. The Hall–Kier alpha value is -0.120. The van der Waals surface area contributed by atoms with E-state index in [2.05, 4.69) is 19.2 Å². The van der Waals surface area contributed by atoms with E-state index >= 15 is 0 Å². The summed E-state index contributed by atoms with van der Waals surface area (Å²) in [5.74, 6) is 0. The van der Waals surface area contributed by atoms with Crippen molar-refractivity contribution >= 4 is 0 Å². The number of nitrogens with one attached hydrogen (secondary N) is 1. The summed E-state index contributed by atoms with van der Waals surface area (Å²) >= 11 is 0. The number of aliphatic hydroxyl groups is 1. The average molecular weight is 215 g/mol. The number of hydrogen-bond acceptors (Lipinski definition) is 3. The van der Waals surface area contributed by atoms with Crippen molar-refractivity contribution in [3.63, 3.8) is 0 Å². The van der Waals surface area contributed by atoms with Gasteiger partial charge in [0.05, 0.1) is 6.10 Å². The molecule has 90 valence electrons. The second-order valence-electron chi connectivity index (χ2n) is 5.01. The lowest BCUT2D eigenvalue weighted by atomic mass is 9.88. The second-order valence-corrected chi connectivity index (χ2v) is 5.01. The zero-order valence-electron chi connectivity index (χ0n) is 10.3. The molecule has 1 aliphatic rings. The number of ether oxygens (including phenoxy) is 1. The molecule has 2 N–H and O–H groups in total. The third kappa shape index (κ3) is 3.44. The van der Waals surface area contributed by atoms with Crippen LogP contribution in [0, 0.1) is 5.41 Å². The van der Waals surface area contributed by atoms with E-state index in [0.29, 0.717) is 12.1 Å². The lowest BCUT2D eigenvalue weighted by molar-refractivity contribution is 0.0732. The molecular formula is C12H25NO2. The maximum Gasteiger partial charge on any atom is 0.0724 e. The standard InChI is InChI=1S/C12H25NO2/c1-4-12(2,9-14)8-13-10-6-5-7-11(10)15-3/h10-11,13-14H,4-9H2,1-3H3. The van der Waals surface area contributed by atoms with Gasteiger partial charge in [-0.15, -0.1) is 0 Å². The molecule has 3 heteroatoms. The third-order valence-corrected chi connectivity index (χ3v) is 3.78. The molecule has 3 nitrogen and oxygen atoms in total. The minimum atomic E-state index is 0.0148. The lowest BCUT2D eigenvalue weighted by Crippen LogP contribution is -2.43. The Bertz CT molecular complexity index is 180. The fourth-order valence-electron chi connectivity index (χ4n) is 2.11. The van der Waals surface area contributed by atoms with Gasteiger partial charge < -0.3 is 15.2 Å². The molecule has 1 rings (SSSR count). The van der Waals surface area contributed by atoms with Crippen LogP contribution in [0.1, 0.15) is 39.5 Å². The van der Waals surface area contributed by atoms with Crippen LogP contribution in [0.15, 0.2) is 0 Å². The highest BCUT2D eigenvalue weighted by molar-refractivity contribution is 4.86. The van der Waals surface area contributed by atoms with Gasteiger partial charge in [0.25, 0.3) is 0 Å². The maximum absolute atomic E-state index is 9.31. The molecule has 0 heterocycles. The highest BCUT2D eigenvalue weighted by atomic mass is 16.5. The van der Waals surface area contributed by atoms with Crippen LogP contribution in [0.25, 0.3) is 0 Å². The Labute approximate surface area is 93.2 Å². The summed E-state index contributed by atoms with van der Waals surface area (Å²) in [5, 5.41) is 12.9. The van der Waals surface area contributed by atoms with Gasteiger partial charge in [-0.1, -0.05) is 13.8 Å². The van der Waals surface area contributed by atoms with E-state index < -0.39 is 0 Å². The smallest absolute Gasteiger partial charge is 0.0724 e. The SMILES string of the molecule is CCC(C)(CO)CNC1CCCC1OC. The van der Waals surface area contributed by atoms with Gasteiger partial charge in [0, 0.05) is 31.7 Å². The summed E-state index contributed by atoms with van der Waals surface area (Å²) < 4.78 is 5.43. The lowest BCUT2D eigenvalue weighted by Gasteiger charge is -2.29. The zero-order chi connectivity index (χ0) is 11.3. The van der Waals surface area contributed by atoms with Gasteiger partial charge >= 0.3 is 0 Å². The molecule has 1 fully saturated rings. The predicted octanol–water partition coefficient (Wildman–Crippen LogP) is 1.55. The van der Waals surface area contributed by atoms with Gasteiger partial charge in [-0.25, -0.2) is 0 Å². The van der Waals surface area contributed by atoms with Crippen LogP contribution >= 0.6 is 0 Å². The van der Waals surface area contributed by atoms with Gasteiger partial charge in [-0.2, -0.15) is 0 Å². The molecule has 0 radical (unpaired) electrons. The van der Waals surface area contributed by atoms with E-state index in [1.165, 1.54) is 12.8 Å². The van der Waals surface area contributed by atoms with E-state index in [-0.39, 0.29) is 12.0 Å². The second kappa shape index (κ2) is 5.83. The topological polar surface area (TPSA) is 41.5 Å². The number of methoxy groups -OCH3 is 1. The molecule has 0 saturated heterocycles. The zero-order valence-corrected chi connectivity index (χ0v) is 10.3. The van der Waals surface area contributed by atoms with E-state index in [1.54, 1.807) is 7.11 Å². The highest BCUT2D eigenvalue weighted by Gasteiger charge is 2.29. The summed E-state index contributed by atoms with van der Waals surface area (Å²) in [4.78, 5) is 0. The van der Waals surface area contributed by atoms with E-state index in [9.17, 15) is 5.11 Å². The molecular weight excluding hydrogens is 190 g/mol. The largest absolute Gasteiger partial charge is 0.396 e. The molecule has 0 amide bonds. The van der Waals surface area contributed by atoms with E-state index in [0.717, 1.165) is 19.4 Å². The molecule has 0 spiro atoms. The van der Waals surface area contributed by atoms with Gasteiger partial charge in [-0.05, 0) is 25.7 Å². The van der Waals surface area contributed by atoms with Crippen molar-refractivity contribution in [2.24, 2.45) is 5.41 Å². The first-order chi connectivity index (χ1) is 7.15. The first kappa shape index (κ1) is 12.9. The summed E-state index contributed by atoms with van der Waals surface area (Å²) in [5.41, 5.74) is 0.0148. The molecule has 0 aromatic rings. The normalized spacial score (nSPS) is 30.4. The summed E-state index contributed by atoms with van der Waals surface area (Å²) in [6.07, 6.45) is 4.98. The molecule has 0 aliphatic heterocycles. The monoisotopic (exact) mass is 215 g/mol. The first-order valence-corrected chi connectivity index (χ1v) is 6.02. The summed E-state index contributed by atoms with van der Waals surface area (Å²) in [6, 6.07) is 0.479. The fraction of sp³-hybridized carbons (Fsp3) is 1.00. The average Bonchev–Trinajstić information content (AvgIpc) is 2.73. The number of hydrogen-bond donors (Lipinski definition) is 2. The minimum absolute atomic E-state index is 0.0148. The van der Waals surface area contributed by atoms with Crippen molar-refractivity contribution in [2.45, 2.75) is 51.7 Å². The van der Waals surface area contributed by atoms with Gasteiger partial charge in [0.1, 0.15) is 0 Å². The quantitative estimate of drug-likeness (QED) is 0.706. The van der Waals surface area contributed by atoms with Crippen molar-refractivity contribution in [1.82, 2.24) is 5.32 Å². The van der Waals surface area contributed by atoms with Crippen LogP contribution in [-0.2, 0) is 4.74 Å². The molecule has 15 heavy (non-hydrogen) atoms. The number of aliphatic hydroxyl groups excluding tert-OH is 1. The van der Waals surface area contributed by atoms with Crippen LogP contribution in [0.5, 0.6) is 0 Å². The Morgan fingerprint density at radius 1 is 1.47 bits per heavy atom. The van der Waals surface area contributed by atoms with Crippen LogP contribution in [0.3, 0.4) is 0 Å². The van der Waals surface area contributed by atoms with Crippen molar-refractivity contribution in [2.75, 3.05) is 20.3 Å². The Morgan fingerprint density at radius 2 is 2.20 bits per heavy atom. The minimum Gasteiger partial charge on any atom is -0.396 e. The molecule has 1 saturated carbocycles. The Morgan fingerprint density at radius 3 is 2.73 bits per heavy atom. The highest BCUT2D eigenvalue weighted by Crippen LogP contribution is 2.24. The van der Waals surface area contributed by atoms with E-state index in [1.807, 2.05) is 0 Å². The van der Waals surface area contributed by atoms with Gasteiger partial charge in [0.15, 0.2) is 0 Å². The Balaban J connectivity index is 2.35. The van der Waals surface area contributed by atoms with Crippen LogP contribution < -0.4 is 5.32 Å². The third-order valence-electron chi connectivity index (χ3n) is 3.78. The van der Waals surface area contributed by atoms with Crippen molar-refractivity contribution in [3.8, 4) is 0 Å². The molecule has 0 bridgehead atoms. The van der Waals surface area contributed by atoms with E-state index in [4.69, 9.17) is 4.74 Å². The molecule has 3 atom stereocenters.